The molecule has 0 saturated heterocycles. The minimum absolute atomic E-state index is 0.0948. The van der Waals surface area contributed by atoms with Crippen molar-refractivity contribution in [2.24, 2.45) is 0 Å². The van der Waals surface area contributed by atoms with Crippen molar-refractivity contribution in [1.82, 2.24) is 14.8 Å². The second-order valence-corrected chi connectivity index (χ2v) is 5.68. The van der Waals surface area contributed by atoms with Crippen molar-refractivity contribution in [1.29, 1.82) is 5.26 Å². The zero-order valence-corrected chi connectivity index (χ0v) is 12.3. The average Bonchev–Trinajstić information content (AvgIpc) is 2.41. The Hall–Kier alpha value is -1.93. The van der Waals surface area contributed by atoms with Crippen LogP contribution in [-0.4, -0.2) is 53.9 Å². The van der Waals surface area contributed by atoms with Gasteiger partial charge in [0.25, 0.3) is 5.91 Å². The first-order valence-electron chi connectivity index (χ1n) is 6.77. The van der Waals surface area contributed by atoms with E-state index in [1.165, 1.54) is 12.6 Å². The van der Waals surface area contributed by atoms with E-state index < -0.39 is 0 Å². The molecule has 0 spiro atoms. The summed E-state index contributed by atoms with van der Waals surface area (Å²) in [5.74, 6) is -0.0948. The maximum atomic E-state index is 12.3. The van der Waals surface area contributed by atoms with Gasteiger partial charge in [0, 0.05) is 25.3 Å². The lowest BCUT2D eigenvalue weighted by atomic mass is 9.75. The number of hydrogen-bond acceptors (Lipinski definition) is 4. The zero-order valence-electron chi connectivity index (χ0n) is 12.3. The normalized spacial score (nSPS) is 16.4. The third-order valence-electron chi connectivity index (χ3n) is 4.22. The number of likely N-dealkylation sites (N-methyl/N-ethyl adjacent to an activating group) is 2. The molecular formula is C15H20N4O. The lowest BCUT2D eigenvalue weighted by Crippen LogP contribution is -2.57. The smallest absolute Gasteiger partial charge is 0.272 e. The summed E-state index contributed by atoms with van der Waals surface area (Å²) in [6.07, 6.45) is 4.90. The van der Waals surface area contributed by atoms with Crippen molar-refractivity contribution < 1.29 is 4.79 Å². The summed E-state index contributed by atoms with van der Waals surface area (Å²) >= 11 is 0. The number of amides is 1. The summed E-state index contributed by atoms with van der Waals surface area (Å²) in [4.78, 5) is 20.4. The quantitative estimate of drug-likeness (QED) is 0.833. The van der Waals surface area contributed by atoms with Crippen LogP contribution in [0.25, 0.3) is 0 Å². The number of rotatable bonds is 4. The molecule has 0 atom stereocenters. The molecule has 1 aliphatic rings. The largest absolute Gasteiger partial charge is 0.339 e. The van der Waals surface area contributed by atoms with E-state index in [0.717, 1.165) is 12.8 Å². The van der Waals surface area contributed by atoms with Gasteiger partial charge in [-0.1, -0.05) is 0 Å². The van der Waals surface area contributed by atoms with Gasteiger partial charge >= 0.3 is 0 Å². The predicted molar refractivity (Wildman–Crippen MR) is 76.2 cm³/mol. The first-order chi connectivity index (χ1) is 9.48. The Bertz CT molecular complexity index is 526. The molecule has 1 saturated carbocycles. The molecule has 0 aliphatic heterocycles. The Morgan fingerprint density at radius 2 is 2.10 bits per heavy atom. The van der Waals surface area contributed by atoms with Crippen LogP contribution in [0, 0.1) is 11.3 Å². The molecule has 0 aromatic carbocycles. The molecule has 0 N–H and O–H groups in total. The molecule has 1 fully saturated rings. The molecule has 0 bridgehead atoms. The molecule has 5 heteroatoms. The standard InChI is InChI=1S/C15H20N4O/c1-18(2)15(7-4-8-15)11-19(3)14(20)13-6-5-12(9-16)10-17-13/h5-6,10H,4,7-8,11H2,1-3H3. The number of aromatic nitrogens is 1. The lowest BCUT2D eigenvalue weighted by molar-refractivity contribution is 0.0250. The Morgan fingerprint density at radius 3 is 2.50 bits per heavy atom. The molecule has 0 radical (unpaired) electrons. The topological polar surface area (TPSA) is 60.2 Å². The van der Waals surface area contributed by atoms with Gasteiger partial charge in [-0.3, -0.25) is 4.79 Å². The van der Waals surface area contributed by atoms with Crippen molar-refractivity contribution in [3.05, 3.63) is 29.6 Å². The summed E-state index contributed by atoms with van der Waals surface area (Å²) in [5, 5.41) is 8.74. The summed E-state index contributed by atoms with van der Waals surface area (Å²) in [5.41, 5.74) is 0.962. The molecular weight excluding hydrogens is 252 g/mol. The van der Waals surface area contributed by atoms with E-state index >= 15 is 0 Å². The van der Waals surface area contributed by atoms with Gasteiger partial charge in [-0.25, -0.2) is 4.98 Å². The van der Waals surface area contributed by atoms with Gasteiger partial charge in [-0.2, -0.15) is 5.26 Å². The number of pyridine rings is 1. The van der Waals surface area contributed by atoms with Crippen molar-refractivity contribution in [2.75, 3.05) is 27.7 Å². The number of hydrogen-bond donors (Lipinski definition) is 0. The van der Waals surface area contributed by atoms with Gasteiger partial charge < -0.3 is 9.80 Å². The molecule has 0 unspecified atom stereocenters. The average molecular weight is 272 g/mol. The summed E-state index contributed by atoms with van der Waals surface area (Å²) in [6.45, 7) is 0.709. The van der Waals surface area contributed by atoms with Gasteiger partial charge in [-0.05, 0) is 45.5 Å². The minimum atomic E-state index is -0.0948. The zero-order chi connectivity index (χ0) is 14.8. The van der Waals surface area contributed by atoms with Crippen molar-refractivity contribution in [2.45, 2.75) is 24.8 Å². The first kappa shape index (κ1) is 14.5. The lowest BCUT2D eigenvalue weighted by Gasteiger charge is -2.49. The Kier molecular flexibility index (Phi) is 4.05. The Balaban J connectivity index is 2.06. The van der Waals surface area contributed by atoms with Crippen LogP contribution < -0.4 is 0 Å². The third-order valence-corrected chi connectivity index (χ3v) is 4.22. The second kappa shape index (κ2) is 5.59. The van der Waals surface area contributed by atoms with E-state index in [-0.39, 0.29) is 11.4 Å². The highest BCUT2D eigenvalue weighted by atomic mass is 16.2. The number of carbonyl (C=O) groups is 1. The van der Waals surface area contributed by atoms with Crippen LogP contribution in [-0.2, 0) is 0 Å². The van der Waals surface area contributed by atoms with E-state index in [1.54, 1.807) is 17.0 Å². The molecule has 20 heavy (non-hydrogen) atoms. The molecule has 1 aliphatic carbocycles. The van der Waals surface area contributed by atoms with E-state index in [2.05, 4.69) is 24.0 Å². The highest BCUT2D eigenvalue weighted by Crippen LogP contribution is 2.36. The first-order valence-corrected chi connectivity index (χ1v) is 6.77. The monoisotopic (exact) mass is 272 g/mol. The van der Waals surface area contributed by atoms with Crippen molar-refractivity contribution in [3.63, 3.8) is 0 Å². The van der Waals surface area contributed by atoms with Crippen molar-refractivity contribution >= 4 is 5.91 Å². The molecule has 1 heterocycles. The van der Waals surface area contributed by atoms with Crippen LogP contribution >= 0.6 is 0 Å². The van der Waals surface area contributed by atoms with Gasteiger partial charge in [-0.15, -0.1) is 0 Å². The third kappa shape index (κ3) is 2.66. The van der Waals surface area contributed by atoms with E-state index in [9.17, 15) is 4.79 Å². The van der Waals surface area contributed by atoms with Crippen LogP contribution in [0.15, 0.2) is 18.3 Å². The van der Waals surface area contributed by atoms with Crippen LogP contribution in [0.5, 0.6) is 0 Å². The maximum absolute atomic E-state index is 12.3. The molecule has 2 rings (SSSR count). The molecule has 106 valence electrons. The summed E-state index contributed by atoms with van der Waals surface area (Å²) in [6, 6.07) is 5.24. The molecule has 1 aromatic heterocycles. The maximum Gasteiger partial charge on any atom is 0.272 e. The van der Waals surface area contributed by atoms with Crippen molar-refractivity contribution in [3.8, 4) is 6.07 Å². The van der Waals surface area contributed by atoms with E-state index in [1.807, 2.05) is 13.1 Å². The Labute approximate surface area is 119 Å². The van der Waals surface area contributed by atoms with Crippen LogP contribution in [0.2, 0.25) is 0 Å². The van der Waals surface area contributed by atoms with E-state index in [4.69, 9.17) is 5.26 Å². The molecule has 5 nitrogen and oxygen atoms in total. The number of nitrogens with zero attached hydrogens (tertiary/aromatic N) is 4. The predicted octanol–water partition coefficient (Wildman–Crippen LogP) is 1.51. The van der Waals surface area contributed by atoms with Gasteiger partial charge in [0.1, 0.15) is 11.8 Å². The van der Waals surface area contributed by atoms with E-state index in [0.29, 0.717) is 17.8 Å². The molecule has 1 aromatic rings. The van der Waals surface area contributed by atoms with Crippen LogP contribution in [0.3, 0.4) is 0 Å². The van der Waals surface area contributed by atoms with Crippen LogP contribution in [0.1, 0.15) is 35.3 Å². The number of nitriles is 1. The molecule has 1 amide bonds. The van der Waals surface area contributed by atoms with Gasteiger partial charge in [0.2, 0.25) is 0 Å². The Morgan fingerprint density at radius 1 is 1.40 bits per heavy atom. The SMILES string of the molecule is CN(CC1(N(C)C)CCC1)C(=O)c1ccc(C#N)cn1. The number of carbonyl (C=O) groups excluding carboxylic acids is 1. The van der Waals surface area contributed by atoms with Gasteiger partial charge in [0.05, 0.1) is 5.56 Å². The fraction of sp³-hybridized carbons (Fsp3) is 0.533. The fourth-order valence-corrected chi connectivity index (χ4v) is 2.63. The fourth-order valence-electron chi connectivity index (χ4n) is 2.63. The summed E-state index contributed by atoms with van der Waals surface area (Å²) in [7, 11) is 5.95. The highest BCUT2D eigenvalue weighted by Gasteiger charge is 2.40. The van der Waals surface area contributed by atoms with Gasteiger partial charge in [0.15, 0.2) is 0 Å². The van der Waals surface area contributed by atoms with Crippen LogP contribution in [0.4, 0.5) is 0 Å². The second-order valence-electron chi connectivity index (χ2n) is 5.68. The minimum Gasteiger partial charge on any atom is -0.339 e. The highest BCUT2D eigenvalue weighted by molar-refractivity contribution is 5.92. The summed E-state index contributed by atoms with van der Waals surface area (Å²) < 4.78 is 0.